The van der Waals surface area contributed by atoms with Crippen LogP contribution in [0.2, 0.25) is 0 Å². The maximum Gasteiger partial charge on any atom is 0.272 e. The lowest BCUT2D eigenvalue weighted by molar-refractivity contribution is -0.137. The Morgan fingerprint density at radius 3 is 2.72 bits per heavy atom. The number of hydrogen-bond acceptors (Lipinski definition) is 4. The predicted octanol–water partition coefficient (Wildman–Crippen LogP) is 3.23. The summed E-state index contributed by atoms with van der Waals surface area (Å²) < 4.78 is 0. The molecule has 2 N–H and O–H groups in total. The lowest BCUT2D eigenvalue weighted by Crippen LogP contribution is -2.46. The number of amides is 2. The second-order valence-corrected chi connectivity index (χ2v) is 7.61. The fourth-order valence-electron chi connectivity index (χ4n) is 3.48. The van der Waals surface area contributed by atoms with Gasteiger partial charge in [0.25, 0.3) is 5.91 Å². The number of aromatic amines is 1. The average molecular weight is 391 g/mol. The standard InChI is InChI=1S/C22H25N5O2/c1-5-22(3,13-23)21(29)27(4)12-14(2)25-20(28)19-18-16(10-11-24-19)15-8-6-7-9-17(15)26-18/h6-11,14,26H,5,12H2,1-4H3,(H,25,28). The summed E-state index contributed by atoms with van der Waals surface area (Å²) in [5.41, 5.74) is 0.884. The number of benzene rings is 1. The second-order valence-electron chi connectivity index (χ2n) is 7.61. The molecule has 0 bridgehead atoms. The Bertz CT molecular complexity index is 1110. The van der Waals surface area contributed by atoms with Crippen molar-refractivity contribution in [2.45, 2.75) is 33.2 Å². The van der Waals surface area contributed by atoms with Gasteiger partial charge in [0.2, 0.25) is 5.91 Å². The van der Waals surface area contributed by atoms with Crippen molar-refractivity contribution >= 4 is 33.6 Å². The highest BCUT2D eigenvalue weighted by Gasteiger charge is 2.34. The summed E-state index contributed by atoms with van der Waals surface area (Å²) in [6.45, 7) is 5.57. The molecule has 2 amide bonds. The Kier molecular flexibility index (Phi) is 5.55. The Hall–Kier alpha value is -3.40. The van der Waals surface area contributed by atoms with Gasteiger partial charge in [0.15, 0.2) is 5.69 Å². The number of nitrogens with one attached hydrogen (secondary N) is 2. The van der Waals surface area contributed by atoms with Crippen molar-refractivity contribution < 1.29 is 9.59 Å². The van der Waals surface area contributed by atoms with Gasteiger partial charge in [-0.25, -0.2) is 4.98 Å². The van der Waals surface area contributed by atoms with Crippen LogP contribution >= 0.6 is 0 Å². The normalized spacial score (nSPS) is 14.2. The summed E-state index contributed by atoms with van der Waals surface area (Å²) in [6.07, 6.45) is 2.05. The largest absolute Gasteiger partial charge is 0.353 e. The molecule has 1 aromatic carbocycles. The molecule has 2 heterocycles. The van der Waals surface area contributed by atoms with Crippen LogP contribution < -0.4 is 5.32 Å². The minimum atomic E-state index is -1.06. The highest BCUT2D eigenvalue weighted by Crippen LogP contribution is 2.26. The molecule has 29 heavy (non-hydrogen) atoms. The molecule has 2 aromatic heterocycles. The van der Waals surface area contributed by atoms with Crippen LogP contribution in [0, 0.1) is 16.7 Å². The molecular formula is C22H25N5O2. The molecule has 150 valence electrons. The first-order chi connectivity index (χ1) is 13.8. The smallest absolute Gasteiger partial charge is 0.272 e. The van der Waals surface area contributed by atoms with Crippen LogP contribution in [0.1, 0.15) is 37.7 Å². The summed E-state index contributed by atoms with van der Waals surface area (Å²) in [5.74, 6) is -0.562. The number of fused-ring (bicyclic) bond motifs is 3. The first-order valence-electron chi connectivity index (χ1n) is 9.64. The number of H-pyrrole nitrogens is 1. The number of rotatable bonds is 6. The van der Waals surface area contributed by atoms with E-state index in [0.29, 0.717) is 24.2 Å². The number of carbonyl (C=O) groups is 2. The molecule has 0 aliphatic heterocycles. The van der Waals surface area contributed by atoms with Crippen molar-refractivity contribution in [3.8, 4) is 6.07 Å². The molecule has 3 rings (SSSR count). The number of likely N-dealkylation sites (N-methyl/N-ethyl adjacent to an activating group) is 1. The third-order valence-electron chi connectivity index (χ3n) is 5.34. The van der Waals surface area contributed by atoms with Crippen molar-refractivity contribution in [2.24, 2.45) is 5.41 Å². The highest BCUT2D eigenvalue weighted by molar-refractivity contribution is 6.13. The Labute approximate surface area is 169 Å². The molecule has 0 fully saturated rings. The number of hydrogen-bond donors (Lipinski definition) is 2. The van der Waals surface area contributed by atoms with Gasteiger partial charge in [-0.1, -0.05) is 25.1 Å². The summed E-state index contributed by atoms with van der Waals surface area (Å²) in [5, 5.41) is 14.2. The molecule has 0 saturated carbocycles. The number of para-hydroxylation sites is 1. The van der Waals surface area contributed by atoms with Crippen LogP contribution in [0.5, 0.6) is 0 Å². The van der Waals surface area contributed by atoms with Gasteiger partial charge in [0.1, 0.15) is 5.41 Å². The number of nitrogens with zero attached hydrogens (tertiary/aromatic N) is 3. The van der Waals surface area contributed by atoms with Crippen LogP contribution in [-0.4, -0.2) is 46.3 Å². The molecule has 2 atom stereocenters. The van der Waals surface area contributed by atoms with Gasteiger partial charge in [0, 0.05) is 42.1 Å². The lowest BCUT2D eigenvalue weighted by Gasteiger charge is -2.28. The predicted molar refractivity (Wildman–Crippen MR) is 112 cm³/mol. The number of aromatic nitrogens is 2. The van der Waals surface area contributed by atoms with Gasteiger partial charge < -0.3 is 15.2 Å². The van der Waals surface area contributed by atoms with E-state index in [9.17, 15) is 14.9 Å². The lowest BCUT2D eigenvalue weighted by atomic mass is 9.88. The zero-order valence-electron chi connectivity index (χ0n) is 17.1. The van der Waals surface area contributed by atoms with Crippen LogP contribution in [-0.2, 0) is 4.79 Å². The fraction of sp³-hybridized carbons (Fsp3) is 0.364. The van der Waals surface area contributed by atoms with E-state index in [-0.39, 0.29) is 17.9 Å². The van der Waals surface area contributed by atoms with E-state index >= 15 is 0 Å². The van der Waals surface area contributed by atoms with Gasteiger partial charge in [0.05, 0.1) is 11.6 Å². The topological polar surface area (TPSA) is 102 Å². The SMILES string of the molecule is CCC(C)(C#N)C(=O)N(C)CC(C)NC(=O)c1nccc2c1[nH]c1ccccc12. The van der Waals surface area contributed by atoms with Crippen molar-refractivity contribution in [3.05, 3.63) is 42.2 Å². The molecule has 3 aromatic rings. The Morgan fingerprint density at radius 2 is 2.03 bits per heavy atom. The van der Waals surface area contributed by atoms with E-state index in [4.69, 9.17) is 0 Å². The van der Waals surface area contributed by atoms with Crippen molar-refractivity contribution in [3.63, 3.8) is 0 Å². The van der Waals surface area contributed by atoms with Crippen molar-refractivity contribution in [2.75, 3.05) is 13.6 Å². The van der Waals surface area contributed by atoms with E-state index in [1.807, 2.05) is 44.2 Å². The van der Waals surface area contributed by atoms with Gasteiger partial charge in [-0.2, -0.15) is 5.26 Å². The monoisotopic (exact) mass is 391 g/mol. The third kappa shape index (κ3) is 3.79. The number of carbonyl (C=O) groups excluding carboxylic acids is 2. The maximum absolute atomic E-state index is 12.9. The molecule has 7 heteroatoms. The van der Waals surface area contributed by atoms with Crippen LogP contribution in [0.4, 0.5) is 0 Å². The highest BCUT2D eigenvalue weighted by atomic mass is 16.2. The zero-order chi connectivity index (χ0) is 21.2. The van der Waals surface area contributed by atoms with E-state index in [1.54, 1.807) is 20.2 Å². The minimum absolute atomic E-state index is 0.251. The van der Waals surface area contributed by atoms with Gasteiger partial charge in [-0.3, -0.25) is 9.59 Å². The van der Waals surface area contributed by atoms with Crippen molar-refractivity contribution in [1.29, 1.82) is 5.26 Å². The number of pyridine rings is 1. The average Bonchev–Trinajstić information content (AvgIpc) is 3.11. The summed E-state index contributed by atoms with van der Waals surface area (Å²) >= 11 is 0. The maximum atomic E-state index is 12.9. The van der Waals surface area contributed by atoms with Crippen LogP contribution in [0.3, 0.4) is 0 Å². The molecule has 0 aliphatic carbocycles. The molecule has 2 unspecified atom stereocenters. The minimum Gasteiger partial charge on any atom is -0.353 e. The van der Waals surface area contributed by atoms with E-state index in [1.165, 1.54) is 4.90 Å². The van der Waals surface area contributed by atoms with E-state index in [2.05, 4.69) is 21.4 Å². The van der Waals surface area contributed by atoms with Crippen LogP contribution in [0.25, 0.3) is 21.8 Å². The molecule has 0 radical (unpaired) electrons. The molecule has 7 nitrogen and oxygen atoms in total. The summed E-state index contributed by atoms with van der Waals surface area (Å²) in [4.78, 5) is 34.5. The molecule has 0 saturated heterocycles. The fourth-order valence-corrected chi connectivity index (χ4v) is 3.48. The summed E-state index contributed by atoms with van der Waals surface area (Å²) in [6, 6.07) is 11.5. The van der Waals surface area contributed by atoms with Gasteiger partial charge in [-0.15, -0.1) is 0 Å². The molecule has 0 aliphatic rings. The second kappa shape index (κ2) is 7.92. The zero-order valence-corrected chi connectivity index (χ0v) is 17.1. The third-order valence-corrected chi connectivity index (χ3v) is 5.34. The molecule has 0 spiro atoms. The first-order valence-corrected chi connectivity index (χ1v) is 9.64. The van der Waals surface area contributed by atoms with E-state index < -0.39 is 5.41 Å². The number of nitriles is 1. The Balaban J connectivity index is 1.77. The van der Waals surface area contributed by atoms with Gasteiger partial charge in [-0.05, 0) is 32.4 Å². The van der Waals surface area contributed by atoms with Crippen molar-refractivity contribution in [1.82, 2.24) is 20.2 Å². The summed E-state index contributed by atoms with van der Waals surface area (Å²) in [7, 11) is 1.65. The van der Waals surface area contributed by atoms with E-state index in [0.717, 1.165) is 16.3 Å². The quantitative estimate of drug-likeness (QED) is 0.673. The molecular weight excluding hydrogens is 366 g/mol. The van der Waals surface area contributed by atoms with Gasteiger partial charge >= 0.3 is 0 Å². The first kappa shape index (κ1) is 20.3. The Morgan fingerprint density at radius 1 is 1.31 bits per heavy atom. The van der Waals surface area contributed by atoms with Crippen LogP contribution in [0.15, 0.2) is 36.5 Å².